The van der Waals surface area contributed by atoms with Gasteiger partial charge in [-0.3, -0.25) is 5.43 Å². The lowest BCUT2D eigenvalue weighted by molar-refractivity contribution is 1.29. The standard InChI is InChI=1S/C11H11N3S/c1-9-2-4-10(5-3-9)8-13-14-11-12-6-7-15-11/h2-8H,1H3,(H,12,14)/b13-8-. The molecular weight excluding hydrogens is 206 g/mol. The molecule has 0 aliphatic heterocycles. The van der Waals surface area contributed by atoms with Gasteiger partial charge in [0, 0.05) is 11.6 Å². The molecule has 2 rings (SSSR count). The van der Waals surface area contributed by atoms with Gasteiger partial charge in [-0.25, -0.2) is 4.98 Å². The van der Waals surface area contributed by atoms with Crippen LogP contribution >= 0.6 is 11.3 Å². The van der Waals surface area contributed by atoms with Crippen LogP contribution in [0.1, 0.15) is 11.1 Å². The molecule has 3 nitrogen and oxygen atoms in total. The lowest BCUT2D eigenvalue weighted by Crippen LogP contribution is -1.89. The lowest BCUT2D eigenvalue weighted by Gasteiger charge is -1.95. The zero-order valence-corrected chi connectivity index (χ0v) is 9.16. The molecule has 15 heavy (non-hydrogen) atoms. The van der Waals surface area contributed by atoms with E-state index in [1.54, 1.807) is 12.4 Å². The molecule has 4 heteroatoms. The van der Waals surface area contributed by atoms with Crippen LogP contribution < -0.4 is 5.43 Å². The van der Waals surface area contributed by atoms with Crippen molar-refractivity contribution in [1.82, 2.24) is 4.98 Å². The van der Waals surface area contributed by atoms with Gasteiger partial charge in [0.2, 0.25) is 5.13 Å². The Morgan fingerprint density at radius 1 is 1.33 bits per heavy atom. The van der Waals surface area contributed by atoms with Crippen molar-refractivity contribution in [2.75, 3.05) is 5.43 Å². The minimum Gasteiger partial charge on any atom is -0.253 e. The minimum absolute atomic E-state index is 0.804. The van der Waals surface area contributed by atoms with E-state index in [-0.39, 0.29) is 0 Å². The van der Waals surface area contributed by atoms with Crippen LogP contribution in [-0.2, 0) is 0 Å². The van der Waals surface area contributed by atoms with Crippen LogP contribution in [0.15, 0.2) is 40.9 Å². The number of anilines is 1. The minimum atomic E-state index is 0.804. The van der Waals surface area contributed by atoms with Crippen molar-refractivity contribution in [3.05, 3.63) is 47.0 Å². The molecule has 0 aliphatic carbocycles. The maximum absolute atomic E-state index is 4.09. The van der Waals surface area contributed by atoms with Gasteiger partial charge in [0.1, 0.15) is 0 Å². The van der Waals surface area contributed by atoms with Gasteiger partial charge < -0.3 is 0 Å². The Labute approximate surface area is 92.5 Å². The molecule has 0 saturated heterocycles. The molecule has 0 unspecified atom stereocenters. The monoisotopic (exact) mass is 217 g/mol. The number of nitrogens with one attached hydrogen (secondary N) is 1. The zero-order chi connectivity index (χ0) is 10.5. The molecule has 1 heterocycles. The Hall–Kier alpha value is -1.68. The molecule has 0 saturated carbocycles. The van der Waals surface area contributed by atoms with Crippen LogP contribution in [0.3, 0.4) is 0 Å². The quantitative estimate of drug-likeness (QED) is 0.634. The molecule has 2 aromatic rings. The topological polar surface area (TPSA) is 37.3 Å². The second kappa shape index (κ2) is 4.70. The Morgan fingerprint density at radius 2 is 2.13 bits per heavy atom. The highest BCUT2D eigenvalue weighted by Crippen LogP contribution is 2.09. The number of aromatic nitrogens is 1. The molecule has 0 atom stereocenters. The van der Waals surface area contributed by atoms with Crippen LogP contribution in [0.2, 0.25) is 0 Å². The predicted octanol–water partition coefficient (Wildman–Crippen LogP) is 2.90. The summed E-state index contributed by atoms with van der Waals surface area (Å²) < 4.78 is 0. The summed E-state index contributed by atoms with van der Waals surface area (Å²) in [6.07, 6.45) is 3.52. The first-order valence-electron chi connectivity index (χ1n) is 4.60. The fourth-order valence-electron chi connectivity index (χ4n) is 1.09. The molecule has 76 valence electrons. The Kier molecular flexibility index (Phi) is 3.09. The van der Waals surface area contributed by atoms with E-state index in [2.05, 4.69) is 34.6 Å². The molecule has 0 amide bonds. The fraction of sp³-hybridized carbons (Fsp3) is 0.0909. The first-order valence-corrected chi connectivity index (χ1v) is 5.48. The second-order valence-electron chi connectivity index (χ2n) is 3.12. The van der Waals surface area contributed by atoms with E-state index in [0.29, 0.717) is 0 Å². The molecule has 0 aliphatic rings. The van der Waals surface area contributed by atoms with Crippen LogP contribution in [0.25, 0.3) is 0 Å². The number of thiazole rings is 1. The van der Waals surface area contributed by atoms with Crippen molar-refractivity contribution < 1.29 is 0 Å². The maximum atomic E-state index is 4.09. The summed E-state index contributed by atoms with van der Waals surface area (Å²) in [4.78, 5) is 4.06. The summed E-state index contributed by atoms with van der Waals surface area (Å²) in [5, 5.41) is 6.80. The third-order valence-corrected chi connectivity index (χ3v) is 2.56. The van der Waals surface area contributed by atoms with Crippen LogP contribution in [0.5, 0.6) is 0 Å². The fourth-order valence-corrected chi connectivity index (χ4v) is 1.57. The second-order valence-corrected chi connectivity index (χ2v) is 4.01. The van der Waals surface area contributed by atoms with Gasteiger partial charge in [-0.1, -0.05) is 29.8 Å². The highest BCUT2D eigenvalue weighted by Gasteiger charge is 1.89. The van der Waals surface area contributed by atoms with Crippen molar-refractivity contribution in [1.29, 1.82) is 0 Å². The average Bonchev–Trinajstić information content (AvgIpc) is 2.74. The van der Waals surface area contributed by atoms with Crippen molar-refractivity contribution in [2.45, 2.75) is 6.92 Å². The molecule has 1 aromatic heterocycles. The van der Waals surface area contributed by atoms with E-state index in [0.717, 1.165) is 10.7 Å². The third-order valence-electron chi connectivity index (χ3n) is 1.88. The largest absolute Gasteiger partial charge is 0.253 e. The molecule has 0 radical (unpaired) electrons. The Bertz CT molecular complexity index is 431. The first-order chi connectivity index (χ1) is 7.34. The SMILES string of the molecule is Cc1ccc(/C=N\Nc2nccs2)cc1. The summed E-state index contributed by atoms with van der Waals surface area (Å²) in [6.45, 7) is 2.06. The summed E-state index contributed by atoms with van der Waals surface area (Å²) in [6, 6.07) is 8.18. The van der Waals surface area contributed by atoms with E-state index in [4.69, 9.17) is 0 Å². The smallest absolute Gasteiger partial charge is 0.203 e. The van der Waals surface area contributed by atoms with Gasteiger partial charge >= 0.3 is 0 Å². The van der Waals surface area contributed by atoms with Gasteiger partial charge in [0.05, 0.1) is 6.21 Å². The Balaban J connectivity index is 1.97. The summed E-state index contributed by atoms with van der Waals surface area (Å²) in [7, 11) is 0. The van der Waals surface area contributed by atoms with Gasteiger partial charge in [0.25, 0.3) is 0 Å². The number of hydrogen-bond donors (Lipinski definition) is 1. The van der Waals surface area contributed by atoms with Gasteiger partial charge in [-0.05, 0) is 12.5 Å². The highest BCUT2D eigenvalue weighted by atomic mass is 32.1. The summed E-state index contributed by atoms with van der Waals surface area (Å²) >= 11 is 1.52. The molecular formula is C11H11N3S. The number of hydrogen-bond acceptors (Lipinski definition) is 4. The third kappa shape index (κ3) is 2.89. The van der Waals surface area contributed by atoms with E-state index < -0.39 is 0 Å². The predicted molar refractivity (Wildman–Crippen MR) is 64.5 cm³/mol. The molecule has 0 fully saturated rings. The number of rotatable bonds is 3. The van der Waals surface area contributed by atoms with Crippen molar-refractivity contribution >= 4 is 22.7 Å². The molecule has 0 spiro atoms. The van der Waals surface area contributed by atoms with Crippen LogP contribution in [-0.4, -0.2) is 11.2 Å². The lowest BCUT2D eigenvalue weighted by atomic mass is 10.2. The number of nitrogens with zero attached hydrogens (tertiary/aromatic N) is 2. The maximum Gasteiger partial charge on any atom is 0.203 e. The Morgan fingerprint density at radius 3 is 2.80 bits per heavy atom. The van der Waals surface area contributed by atoms with E-state index in [9.17, 15) is 0 Å². The molecule has 1 N–H and O–H groups in total. The molecule has 1 aromatic carbocycles. The van der Waals surface area contributed by atoms with Crippen LogP contribution in [0, 0.1) is 6.92 Å². The van der Waals surface area contributed by atoms with E-state index in [1.807, 2.05) is 17.5 Å². The summed E-state index contributed by atoms with van der Waals surface area (Å²) in [5.74, 6) is 0. The van der Waals surface area contributed by atoms with E-state index >= 15 is 0 Å². The number of aryl methyl sites for hydroxylation is 1. The molecule has 0 bridgehead atoms. The van der Waals surface area contributed by atoms with Gasteiger partial charge in [-0.2, -0.15) is 5.10 Å². The summed E-state index contributed by atoms with van der Waals surface area (Å²) in [5.41, 5.74) is 5.19. The first kappa shape index (κ1) is 9.86. The average molecular weight is 217 g/mol. The number of benzene rings is 1. The number of hydrazone groups is 1. The van der Waals surface area contributed by atoms with Crippen LogP contribution in [0.4, 0.5) is 5.13 Å². The van der Waals surface area contributed by atoms with E-state index in [1.165, 1.54) is 16.9 Å². The van der Waals surface area contributed by atoms with Gasteiger partial charge in [-0.15, -0.1) is 11.3 Å². The van der Waals surface area contributed by atoms with Crippen molar-refractivity contribution in [3.8, 4) is 0 Å². The highest BCUT2D eigenvalue weighted by molar-refractivity contribution is 7.13. The van der Waals surface area contributed by atoms with Crippen molar-refractivity contribution in [3.63, 3.8) is 0 Å². The normalized spacial score (nSPS) is 10.7. The van der Waals surface area contributed by atoms with Crippen molar-refractivity contribution in [2.24, 2.45) is 5.10 Å². The zero-order valence-electron chi connectivity index (χ0n) is 8.34. The van der Waals surface area contributed by atoms with Gasteiger partial charge in [0.15, 0.2) is 0 Å².